The molecule has 1 N–H and O–H groups in total. The van der Waals surface area contributed by atoms with E-state index in [1.165, 1.54) is 0 Å². The summed E-state index contributed by atoms with van der Waals surface area (Å²) < 4.78 is 10.2. The lowest BCUT2D eigenvalue weighted by atomic mass is 10.0. The van der Waals surface area contributed by atoms with Crippen molar-refractivity contribution in [1.29, 1.82) is 0 Å². The Kier molecular flexibility index (Phi) is 2.52. The van der Waals surface area contributed by atoms with E-state index in [4.69, 9.17) is 20.4 Å². The SMILES string of the molecule is Cc1occc1C(Cl)c1ccc2[nH]c(=O)oc2c1. The van der Waals surface area contributed by atoms with Crippen LogP contribution in [-0.2, 0) is 0 Å². The first-order valence-electron chi connectivity index (χ1n) is 5.46. The van der Waals surface area contributed by atoms with Gasteiger partial charge in [-0.15, -0.1) is 11.6 Å². The van der Waals surface area contributed by atoms with Gasteiger partial charge in [-0.05, 0) is 30.7 Å². The Bertz CT molecular complexity index is 753. The van der Waals surface area contributed by atoms with Crippen molar-refractivity contribution < 1.29 is 8.83 Å². The predicted molar refractivity (Wildman–Crippen MR) is 68.0 cm³/mol. The zero-order valence-corrected chi connectivity index (χ0v) is 10.3. The molecule has 0 aliphatic carbocycles. The van der Waals surface area contributed by atoms with E-state index < -0.39 is 5.76 Å². The van der Waals surface area contributed by atoms with Crippen LogP contribution in [0, 0.1) is 6.92 Å². The Morgan fingerprint density at radius 2 is 2.17 bits per heavy atom. The van der Waals surface area contributed by atoms with Crippen LogP contribution in [0.4, 0.5) is 0 Å². The molecule has 0 radical (unpaired) electrons. The summed E-state index contributed by atoms with van der Waals surface area (Å²) in [7, 11) is 0. The van der Waals surface area contributed by atoms with E-state index >= 15 is 0 Å². The van der Waals surface area contributed by atoms with Crippen LogP contribution in [0.5, 0.6) is 0 Å². The van der Waals surface area contributed by atoms with Crippen molar-refractivity contribution in [3.8, 4) is 0 Å². The molecule has 92 valence electrons. The van der Waals surface area contributed by atoms with Gasteiger partial charge < -0.3 is 8.83 Å². The second-order valence-electron chi connectivity index (χ2n) is 4.06. The molecule has 5 heteroatoms. The topological polar surface area (TPSA) is 59.1 Å². The Morgan fingerprint density at radius 1 is 1.33 bits per heavy atom. The van der Waals surface area contributed by atoms with Crippen molar-refractivity contribution in [2.75, 3.05) is 0 Å². The van der Waals surface area contributed by atoms with Gasteiger partial charge in [0.1, 0.15) is 5.76 Å². The molecular formula is C13H10ClNO3. The minimum atomic E-state index is -0.465. The second-order valence-corrected chi connectivity index (χ2v) is 4.50. The molecule has 3 rings (SSSR count). The van der Waals surface area contributed by atoms with Crippen LogP contribution in [0.3, 0.4) is 0 Å². The molecule has 3 aromatic rings. The number of rotatable bonds is 2. The molecule has 0 aliphatic heterocycles. The van der Waals surface area contributed by atoms with Gasteiger partial charge in [-0.1, -0.05) is 6.07 Å². The molecule has 0 spiro atoms. The number of oxazole rings is 1. The van der Waals surface area contributed by atoms with Gasteiger partial charge >= 0.3 is 5.76 Å². The molecule has 1 unspecified atom stereocenters. The number of aromatic nitrogens is 1. The maximum atomic E-state index is 11.1. The number of aryl methyl sites for hydroxylation is 1. The third-order valence-corrected chi connectivity index (χ3v) is 3.40. The Balaban J connectivity index is 2.09. The molecule has 0 bridgehead atoms. The molecule has 2 heterocycles. The van der Waals surface area contributed by atoms with Gasteiger partial charge in [0.15, 0.2) is 5.58 Å². The van der Waals surface area contributed by atoms with Gasteiger partial charge in [-0.25, -0.2) is 4.79 Å². The normalized spacial score (nSPS) is 13.0. The Labute approximate surface area is 107 Å². The number of aromatic amines is 1. The van der Waals surface area contributed by atoms with E-state index in [1.807, 2.05) is 19.1 Å². The number of hydrogen-bond acceptors (Lipinski definition) is 3. The highest BCUT2D eigenvalue weighted by Crippen LogP contribution is 2.32. The fourth-order valence-corrected chi connectivity index (χ4v) is 2.32. The van der Waals surface area contributed by atoms with Gasteiger partial charge in [0, 0.05) is 5.56 Å². The molecule has 4 nitrogen and oxygen atoms in total. The average Bonchev–Trinajstić information content (AvgIpc) is 2.91. The van der Waals surface area contributed by atoms with E-state index in [1.54, 1.807) is 18.4 Å². The highest BCUT2D eigenvalue weighted by molar-refractivity contribution is 6.22. The zero-order valence-electron chi connectivity index (χ0n) is 9.57. The summed E-state index contributed by atoms with van der Waals surface area (Å²) in [5, 5.41) is -0.326. The molecular weight excluding hydrogens is 254 g/mol. The van der Waals surface area contributed by atoms with Crippen molar-refractivity contribution in [2.24, 2.45) is 0 Å². The third kappa shape index (κ3) is 1.75. The maximum absolute atomic E-state index is 11.1. The number of furan rings is 1. The van der Waals surface area contributed by atoms with Crippen LogP contribution in [0.1, 0.15) is 22.3 Å². The number of alkyl halides is 1. The van der Waals surface area contributed by atoms with E-state index in [2.05, 4.69) is 4.98 Å². The summed E-state index contributed by atoms with van der Waals surface area (Å²) in [6, 6.07) is 7.24. The van der Waals surface area contributed by atoms with Crippen LogP contribution in [0.15, 0.2) is 44.2 Å². The summed E-state index contributed by atoms with van der Waals surface area (Å²) in [6.07, 6.45) is 1.61. The fraction of sp³-hybridized carbons (Fsp3) is 0.154. The lowest BCUT2D eigenvalue weighted by Crippen LogP contribution is -1.93. The molecule has 0 amide bonds. The molecule has 0 aliphatic rings. The number of H-pyrrole nitrogens is 1. The lowest BCUT2D eigenvalue weighted by Gasteiger charge is -2.08. The van der Waals surface area contributed by atoms with Gasteiger partial charge in [-0.2, -0.15) is 0 Å². The first kappa shape index (κ1) is 11.2. The lowest BCUT2D eigenvalue weighted by molar-refractivity contribution is 0.530. The molecule has 2 aromatic heterocycles. The molecule has 0 fully saturated rings. The van der Waals surface area contributed by atoms with E-state index in [0.29, 0.717) is 11.1 Å². The molecule has 0 saturated carbocycles. The molecule has 1 atom stereocenters. The number of nitrogens with one attached hydrogen (secondary N) is 1. The minimum Gasteiger partial charge on any atom is -0.469 e. The zero-order chi connectivity index (χ0) is 12.7. The second kappa shape index (κ2) is 4.07. The van der Waals surface area contributed by atoms with E-state index in [9.17, 15) is 4.79 Å². The van der Waals surface area contributed by atoms with Crippen LogP contribution in [0.2, 0.25) is 0 Å². The highest BCUT2D eigenvalue weighted by Gasteiger charge is 2.16. The van der Waals surface area contributed by atoms with Crippen molar-refractivity contribution >= 4 is 22.7 Å². The summed E-state index contributed by atoms with van der Waals surface area (Å²) in [5.41, 5.74) is 2.94. The average molecular weight is 264 g/mol. The van der Waals surface area contributed by atoms with Crippen LogP contribution < -0.4 is 5.76 Å². The van der Waals surface area contributed by atoms with Crippen molar-refractivity contribution in [3.63, 3.8) is 0 Å². The first-order valence-corrected chi connectivity index (χ1v) is 5.89. The third-order valence-electron chi connectivity index (χ3n) is 2.91. The van der Waals surface area contributed by atoms with Crippen molar-refractivity contribution in [1.82, 2.24) is 4.98 Å². The number of benzene rings is 1. The Hall–Kier alpha value is -1.94. The van der Waals surface area contributed by atoms with Crippen molar-refractivity contribution in [2.45, 2.75) is 12.3 Å². The summed E-state index contributed by atoms with van der Waals surface area (Å²) in [6.45, 7) is 1.86. The van der Waals surface area contributed by atoms with Gasteiger partial charge in [-0.3, -0.25) is 4.98 Å². The first-order chi connectivity index (χ1) is 8.65. The summed E-state index contributed by atoms with van der Waals surface area (Å²) >= 11 is 6.40. The van der Waals surface area contributed by atoms with Gasteiger partial charge in [0.05, 0.1) is 17.2 Å². The van der Waals surface area contributed by atoms with Crippen molar-refractivity contribution in [3.05, 3.63) is 58.0 Å². The van der Waals surface area contributed by atoms with E-state index in [0.717, 1.165) is 16.9 Å². The predicted octanol–water partition coefficient (Wildman–Crippen LogP) is 3.35. The quantitative estimate of drug-likeness (QED) is 0.721. The Morgan fingerprint density at radius 3 is 2.89 bits per heavy atom. The fourth-order valence-electron chi connectivity index (χ4n) is 1.96. The number of hydrogen-bond donors (Lipinski definition) is 1. The van der Waals surface area contributed by atoms with Gasteiger partial charge in [0.25, 0.3) is 0 Å². The summed E-state index contributed by atoms with van der Waals surface area (Å²) in [5.74, 6) is 0.318. The largest absolute Gasteiger partial charge is 0.469 e. The smallest absolute Gasteiger partial charge is 0.417 e. The molecule has 0 saturated heterocycles. The van der Waals surface area contributed by atoms with E-state index in [-0.39, 0.29) is 5.38 Å². The molecule has 18 heavy (non-hydrogen) atoms. The maximum Gasteiger partial charge on any atom is 0.417 e. The van der Waals surface area contributed by atoms with Crippen LogP contribution in [0.25, 0.3) is 11.1 Å². The minimum absolute atomic E-state index is 0.326. The monoisotopic (exact) mass is 263 g/mol. The highest BCUT2D eigenvalue weighted by atomic mass is 35.5. The summed E-state index contributed by atoms with van der Waals surface area (Å²) in [4.78, 5) is 13.7. The number of halogens is 1. The number of fused-ring (bicyclic) bond motifs is 1. The van der Waals surface area contributed by atoms with Crippen LogP contribution >= 0.6 is 11.6 Å². The standard InChI is InChI=1S/C13H10ClNO3/c1-7-9(4-5-17-7)12(14)8-2-3-10-11(6-8)18-13(16)15-10/h2-6,12H,1H3,(H,15,16). The molecule has 1 aromatic carbocycles. The van der Waals surface area contributed by atoms with Crippen LogP contribution in [-0.4, -0.2) is 4.98 Å². The van der Waals surface area contributed by atoms with Gasteiger partial charge in [0.2, 0.25) is 0 Å².